The van der Waals surface area contributed by atoms with Crippen LogP contribution >= 0.6 is 0 Å². The third-order valence-corrected chi connectivity index (χ3v) is 4.33. The van der Waals surface area contributed by atoms with Crippen LogP contribution in [0.3, 0.4) is 0 Å². The lowest BCUT2D eigenvalue weighted by molar-refractivity contribution is 0.0598. The van der Waals surface area contributed by atoms with Gasteiger partial charge in [0.2, 0.25) is 0 Å². The molecule has 0 saturated heterocycles. The predicted molar refractivity (Wildman–Crippen MR) is 84.2 cm³/mol. The first-order valence-electron chi connectivity index (χ1n) is 7.40. The molecule has 0 aromatic heterocycles. The number of hydrogen-bond donors (Lipinski definition) is 0. The van der Waals surface area contributed by atoms with Crippen molar-refractivity contribution in [3.05, 3.63) is 70.3 Å². The fourth-order valence-corrected chi connectivity index (χ4v) is 3.25. The van der Waals surface area contributed by atoms with Crippen molar-refractivity contribution in [2.45, 2.75) is 19.8 Å². The van der Waals surface area contributed by atoms with E-state index in [1.807, 2.05) is 43.3 Å². The minimum absolute atomic E-state index is 0.0955. The zero-order valence-electron chi connectivity index (χ0n) is 12.8. The maximum atomic E-state index is 12.7. The maximum Gasteiger partial charge on any atom is 0.338 e. The second-order valence-electron chi connectivity index (χ2n) is 5.73. The molecule has 3 rings (SSSR count). The Morgan fingerprint density at radius 3 is 2.68 bits per heavy atom. The summed E-state index contributed by atoms with van der Waals surface area (Å²) in [5.41, 5.74) is 4.43. The number of carbonyl (C=O) groups is 2. The third kappa shape index (κ3) is 2.43. The molecule has 0 unspecified atom stereocenters. The molecule has 0 radical (unpaired) electrons. The number of Topliss-reactive ketones (excluding diaryl/α,β-unsaturated/α-hetero) is 1. The highest BCUT2D eigenvalue weighted by Crippen LogP contribution is 2.32. The molecule has 0 amide bonds. The Morgan fingerprint density at radius 1 is 1.18 bits per heavy atom. The number of hydrogen-bond acceptors (Lipinski definition) is 3. The van der Waals surface area contributed by atoms with E-state index in [0.717, 1.165) is 28.7 Å². The van der Waals surface area contributed by atoms with E-state index in [1.54, 1.807) is 6.07 Å². The number of benzene rings is 2. The van der Waals surface area contributed by atoms with Crippen molar-refractivity contribution in [1.29, 1.82) is 0 Å². The number of esters is 1. The fraction of sp³-hybridized carbons (Fsp3) is 0.263. The van der Waals surface area contributed by atoms with E-state index >= 15 is 0 Å². The fourth-order valence-electron chi connectivity index (χ4n) is 3.25. The lowest BCUT2D eigenvalue weighted by Gasteiger charge is -2.11. The molecular formula is C19H18O3. The van der Waals surface area contributed by atoms with Crippen molar-refractivity contribution >= 4 is 11.8 Å². The Bertz CT molecular complexity index is 746. The van der Waals surface area contributed by atoms with Gasteiger partial charge in [-0.05, 0) is 42.5 Å². The molecule has 0 fully saturated rings. The Kier molecular flexibility index (Phi) is 3.80. The molecule has 1 aliphatic carbocycles. The number of carbonyl (C=O) groups excluding carboxylic acids is 2. The number of ketones is 1. The van der Waals surface area contributed by atoms with E-state index in [-0.39, 0.29) is 17.7 Å². The summed E-state index contributed by atoms with van der Waals surface area (Å²) in [7, 11) is 1.37. The number of methoxy groups -OCH3 is 1. The molecule has 1 aliphatic rings. The first-order valence-corrected chi connectivity index (χ1v) is 7.40. The topological polar surface area (TPSA) is 43.4 Å². The van der Waals surface area contributed by atoms with E-state index < -0.39 is 0 Å². The SMILES string of the molecule is COC(=O)c1ccccc1C[C@H]1Cc2cccc(C)c2C1=O. The van der Waals surface area contributed by atoms with Crippen LogP contribution in [0.5, 0.6) is 0 Å². The van der Waals surface area contributed by atoms with Crippen molar-refractivity contribution in [2.24, 2.45) is 5.92 Å². The van der Waals surface area contributed by atoms with Gasteiger partial charge >= 0.3 is 5.97 Å². The van der Waals surface area contributed by atoms with Crippen molar-refractivity contribution in [1.82, 2.24) is 0 Å². The highest BCUT2D eigenvalue weighted by molar-refractivity contribution is 6.03. The third-order valence-electron chi connectivity index (χ3n) is 4.33. The second-order valence-corrected chi connectivity index (χ2v) is 5.73. The number of ether oxygens (including phenoxy) is 1. The second kappa shape index (κ2) is 5.76. The summed E-state index contributed by atoms with van der Waals surface area (Å²) < 4.78 is 4.83. The van der Waals surface area contributed by atoms with Gasteiger partial charge in [-0.2, -0.15) is 0 Å². The lowest BCUT2D eigenvalue weighted by Crippen LogP contribution is -2.15. The first-order chi connectivity index (χ1) is 10.6. The van der Waals surface area contributed by atoms with Gasteiger partial charge < -0.3 is 4.74 Å². The van der Waals surface area contributed by atoms with E-state index in [9.17, 15) is 9.59 Å². The molecule has 1 atom stereocenters. The molecule has 112 valence electrons. The zero-order chi connectivity index (χ0) is 15.7. The van der Waals surface area contributed by atoms with Gasteiger partial charge in [0.05, 0.1) is 12.7 Å². The molecule has 3 heteroatoms. The number of rotatable bonds is 3. The van der Waals surface area contributed by atoms with Crippen LogP contribution in [-0.4, -0.2) is 18.9 Å². The predicted octanol–water partition coefficient (Wildman–Crippen LogP) is 3.38. The minimum atomic E-state index is -0.352. The van der Waals surface area contributed by atoms with Crippen LogP contribution in [0.25, 0.3) is 0 Å². The van der Waals surface area contributed by atoms with Crippen molar-refractivity contribution in [3.63, 3.8) is 0 Å². The van der Waals surface area contributed by atoms with Crippen LogP contribution in [0.4, 0.5) is 0 Å². The smallest absolute Gasteiger partial charge is 0.338 e. The summed E-state index contributed by atoms with van der Waals surface area (Å²) in [4.78, 5) is 24.5. The van der Waals surface area contributed by atoms with Gasteiger partial charge in [0, 0.05) is 11.5 Å². The molecule has 0 saturated carbocycles. The molecule has 0 heterocycles. The summed E-state index contributed by atoms with van der Waals surface area (Å²) in [5, 5.41) is 0. The molecule has 3 nitrogen and oxygen atoms in total. The van der Waals surface area contributed by atoms with E-state index in [1.165, 1.54) is 7.11 Å². The van der Waals surface area contributed by atoms with Gasteiger partial charge in [0.25, 0.3) is 0 Å². The minimum Gasteiger partial charge on any atom is -0.465 e. The number of fused-ring (bicyclic) bond motifs is 1. The monoisotopic (exact) mass is 294 g/mol. The average Bonchev–Trinajstić information content (AvgIpc) is 2.84. The normalized spacial score (nSPS) is 16.5. The maximum absolute atomic E-state index is 12.7. The molecule has 22 heavy (non-hydrogen) atoms. The van der Waals surface area contributed by atoms with E-state index in [4.69, 9.17) is 4.74 Å². The van der Waals surface area contributed by atoms with Gasteiger partial charge in [0.1, 0.15) is 0 Å². The molecule has 2 aromatic carbocycles. The zero-order valence-corrected chi connectivity index (χ0v) is 12.8. The summed E-state index contributed by atoms with van der Waals surface area (Å²) in [6.45, 7) is 1.97. The van der Waals surface area contributed by atoms with Crippen molar-refractivity contribution < 1.29 is 14.3 Å². The van der Waals surface area contributed by atoms with Crippen LogP contribution in [-0.2, 0) is 17.6 Å². The van der Waals surface area contributed by atoms with Crippen LogP contribution < -0.4 is 0 Å². The molecule has 2 aromatic rings. The van der Waals surface area contributed by atoms with Gasteiger partial charge in [-0.3, -0.25) is 4.79 Å². The molecule has 0 N–H and O–H groups in total. The van der Waals surface area contributed by atoms with E-state index in [0.29, 0.717) is 12.0 Å². The van der Waals surface area contributed by atoms with Crippen LogP contribution in [0.2, 0.25) is 0 Å². The van der Waals surface area contributed by atoms with Crippen molar-refractivity contribution in [3.8, 4) is 0 Å². The summed E-state index contributed by atoms with van der Waals surface area (Å²) in [6.07, 6.45) is 1.31. The Hall–Kier alpha value is -2.42. The summed E-state index contributed by atoms with van der Waals surface area (Å²) >= 11 is 0. The average molecular weight is 294 g/mol. The molecular weight excluding hydrogens is 276 g/mol. The van der Waals surface area contributed by atoms with Crippen LogP contribution in [0.15, 0.2) is 42.5 Å². The molecule has 0 bridgehead atoms. The largest absolute Gasteiger partial charge is 0.465 e. The summed E-state index contributed by atoms with van der Waals surface area (Å²) in [5.74, 6) is -0.260. The Labute approximate surface area is 129 Å². The lowest BCUT2D eigenvalue weighted by atomic mass is 9.92. The number of aryl methyl sites for hydroxylation is 1. The highest BCUT2D eigenvalue weighted by Gasteiger charge is 2.32. The van der Waals surface area contributed by atoms with Crippen molar-refractivity contribution in [2.75, 3.05) is 7.11 Å². The Morgan fingerprint density at radius 2 is 1.95 bits per heavy atom. The highest BCUT2D eigenvalue weighted by atomic mass is 16.5. The van der Waals surface area contributed by atoms with Gasteiger partial charge in [-0.25, -0.2) is 4.79 Å². The van der Waals surface area contributed by atoms with Gasteiger partial charge in [-0.1, -0.05) is 36.4 Å². The molecule has 0 aliphatic heterocycles. The van der Waals surface area contributed by atoms with Gasteiger partial charge in [0.15, 0.2) is 5.78 Å². The van der Waals surface area contributed by atoms with Gasteiger partial charge in [-0.15, -0.1) is 0 Å². The quantitative estimate of drug-likeness (QED) is 0.815. The van der Waals surface area contributed by atoms with Crippen LogP contribution in [0.1, 0.15) is 37.4 Å². The van der Waals surface area contributed by atoms with E-state index in [2.05, 4.69) is 0 Å². The van der Waals surface area contributed by atoms with Crippen LogP contribution in [0, 0.1) is 12.8 Å². The molecule has 0 spiro atoms. The first kappa shape index (κ1) is 14.5. The standard InChI is InChI=1S/C19H18O3/c1-12-6-5-8-14-11-15(18(20)17(12)14)10-13-7-3-4-9-16(13)19(21)22-2/h3-9,15H,10-11H2,1-2H3/t15-/m0/s1. The Balaban J connectivity index is 1.89. The summed E-state index contributed by atoms with van der Waals surface area (Å²) in [6, 6.07) is 13.3.